The third-order valence-electron chi connectivity index (χ3n) is 3.64. The maximum absolute atomic E-state index is 3.55. The maximum atomic E-state index is 3.55. The number of aromatic nitrogens is 1. The summed E-state index contributed by atoms with van der Waals surface area (Å²) in [6, 6.07) is 15.0. The van der Waals surface area contributed by atoms with Crippen LogP contribution in [0.4, 0.5) is 5.69 Å². The summed E-state index contributed by atoms with van der Waals surface area (Å²) in [6.07, 6.45) is 3.78. The van der Waals surface area contributed by atoms with Gasteiger partial charge in [-0.1, -0.05) is 50.1 Å². The number of nitrogens with one attached hydrogen (secondary N) is 2. The number of fused-ring (bicyclic) bond motifs is 3. The molecule has 0 fully saturated rings. The Bertz CT molecular complexity index is 682. The maximum Gasteiger partial charge on any atom is 0.0700 e. The molecule has 98 valence electrons. The second kappa shape index (κ2) is 5.35. The van der Waals surface area contributed by atoms with Gasteiger partial charge in [-0.2, -0.15) is 0 Å². The predicted molar refractivity (Wildman–Crippen MR) is 83.8 cm³/mol. The first-order valence-electron chi connectivity index (χ1n) is 7.13. The molecule has 0 radical (unpaired) electrons. The van der Waals surface area contributed by atoms with E-state index in [2.05, 4.69) is 59.7 Å². The summed E-state index contributed by atoms with van der Waals surface area (Å²) in [7, 11) is 0. The van der Waals surface area contributed by atoms with Gasteiger partial charge in [-0.25, -0.2) is 0 Å². The van der Waals surface area contributed by atoms with Gasteiger partial charge in [0.25, 0.3) is 0 Å². The van der Waals surface area contributed by atoms with Crippen LogP contribution in [-0.2, 0) is 0 Å². The summed E-state index contributed by atoms with van der Waals surface area (Å²) in [6.45, 7) is 3.28. The van der Waals surface area contributed by atoms with Gasteiger partial charge in [-0.3, -0.25) is 0 Å². The molecule has 3 aromatic rings. The van der Waals surface area contributed by atoms with Crippen molar-refractivity contribution in [3.8, 4) is 0 Å². The van der Waals surface area contributed by atoms with Crippen LogP contribution in [0.25, 0.3) is 21.8 Å². The van der Waals surface area contributed by atoms with E-state index in [1.807, 2.05) is 0 Å². The fraction of sp³-hybridized carbons (Fsp3) is 0.294. The van der Waals surface area contributed by atoms with E-state index in [1.54, 1.807) is 0 Å². The Hall–Kier alpha value is -1.96. The molecule has 0 saturated carbocycles. The number of hydrogen-bond donors (Lipinski definition) is 2. The Balaban J connectivity index is 1.96. The van der Waals surface area contributed by atoms with Gasteiger partial charge in [0, 0.05) is 22.8 Å². The van der Waals surface area contributed by atoms with Crippen molar-refractivity contribution in [3.63, 3.8) is 0 Å². The molecule has 0 aliphatic rings. The van der Waals surface area contributed by atoms with E-state index >= 15 is 0 Å². The van der Waals surface area contributed by atoms with Crippen LogP contribution in [0.5, 0.6) is 0 Å². The van der Waals surface area contributed by atoms with Crippen LogP contribution in [0.15, 0.2) is 42.5 Å². The van der Waals surface area contributed by atoms with Gasteiger partial charge < -0.3 is 10.3 Å². The minimum Gasteiger partial charge on any atom is -0.383 e. The van der Waals surface area contributed by atoms with E-state index in [9.17, 15) is 0 Å². The van der Waals surface area contributed by atoms with Gasteiger partial charge in [0.2, 0.25) is 0 Å². The lowest BCUT2D eigenvalue weighted by molar-refractivity contribution is 0.744. The van der Waals surface area contributed by atoms with Crippen LogP contribution < -0.4 is 5.32 Å². The van der Waals surface area contributed by atoms with Crippen LogP contribution in [-0.4, -0.2) is 11.5 Å². The first-order chi connectivity index (χ1) is 9.40. The molecule has 0 atom stereocenters. The summed E-state index contributed by atoms with van der Waals surface area (Å²) in [5.41, 5.74) is 3.64. The minimum atomic E-state index is 1.04. The fourth-order valence-corrected chi connectivity index (χ4v) is 2.62. The van der Waals surface area contributed by atoms with Crippen molar-refractivity contribution < 1.29 is 0 Å². The first-order valence-corrected chi connectivity index (χ1v) is 7.13. The number of aromatic amines is 1. The van der Waals surface area contributed by atoms with Crippen molar-refractivity contribution in [1.82, 2.24) is 4.98 Å². The second-order valence-corrected chi connectivity index (χ2v) is 5.03. The predicted octanol–water partition coefficient (Wildman–Crippen LogP) is 4.92. The molecule has 0 unspecified atom stereocenters. The van der Waals surface area contributed by atoms with Crippen LogP contribution in [0.3, 0.4) is 0 Å². The van der Waals surface area contributed by atoms with E-state index in [0.717, 1.165) is 6.54 Å². The standard InChI is InChI=1S/C17H20N2/c1-2-3-6-12-18-16-11-7-9-14-13-8-4-5-10-15(13)19-17(14)16/h4-5,7-11,18-19H,2-3,6,12H2,1H3. The quantitative estimate of drug-likeness (QED) is 0.619. The summed E-state index contributed by atoms with van der Waals surface area (Å²) in [5, 5.41) is 6.15. The van der Waals surface area contributed by atoms with Gasteiger partial charge in [0.05, 0.1) is 11.2 Å². The average Bonchev–Trinajstić information content (AvgIpc) is 2.83. The van der Waals surface area contributed by atoms with Gasteiger partial charge in [0.15, 0.2) is 0 Å². The zero-order valence-corrected chi connectivity index (χ0v) is 11.4. The van der Waals surface area contributed by atoms with E-state index in [4.69, 9.17) is 0 Å². The molecule has 0 saturated heterocycles. The average molecular weight is 252 g/mol. The summed E-state index contributed by atoms with van der Waals surface area (Å²) < 4.78 is 0. The zero-order valence-electron chi connectivity index (χ0n) is 11.4. The summed E-state index contributed by atoms with van der Waals surface area (Å²) >= 11 is 0. The fourth-order valence-electron chi connectivity index (χ4n) is 2.62. The van der Waals surface area contributed by atoms with Crippen LogP contribution >= 0.6 is 0 Å². The van der Waals surface area contributed by atoms with Gasteiger partial charge in [-0.15, -0.1) is 0 Å². The molecular weight excluding hydrogens is 232 g/mol. The van der Waals surface area contributed by atoms with Crippen LogP contribution in [0, 0.1) is 0 Å². The van der Waals surface area contributed by atoms with Gasteiger partial charge >= 0.3 is 0 Å². The number of unbranched alkanes of at least 4 members (excludes halogenated alkanes) is 2. The largest absolute Gasteiger partial charge is 0.383 e. The highest BCUT2D eigenvalue weighted by Gasteiger charge is 2.06. The van der Waals surface area contributed by atoms with Crippen molar-refractivity contribution in [2.24, 2.45) is 0 Å². The molecule has 1 heterocycles. The highest BCUT2D eigenvalue weighted by molar-refractivity contribution is 6.11. The minimum absolute atomic E-state index is 1.04. The van der Waals surface area contributed by atoms with Gasteiger partial charge in [0.1, 0.15) is 0 Å². The molecule has 0 spiro atoms. The van der Waals surface area contributed by atoms with Crippen molar-refractivity contribution in [3.05, 3.63) is 42.5 Å². The molecule has 0 aliphatic carbocycles. The molecule has 2 N–H and O–H groups in total. The van der Waals surface area contributed by atoms with Crippen molar-refractivity contribution in [2.75, 3.05) is 11.9 Å². The van der Waals surface area contributed by atoms with E-state index in [1.165, 1.54) is 46.8 Å². The Labute approximate surface area is 113 Å². The number of para-hydroxylation sites is 2. The number of benzene rings is 2. The van der Waals surface area contributed by atoms with Crippen molar-refractivity contribution in [2.45, 2.75) is 26.2 Å². The third kappa shape index (κ3) is 2.30. The van der Waals surface area contributed by atoms with Crippen molar-refractivity contribution in [1.29, 1.82) is 0 Å². The summed E-state index contributed by atoms with van der Waals surface area (Å²) in [5.74, 6) is 0. The van der Waals surface area contributed by atoms with Crippen LogP contribution in [0.2, 0.25) is 0 Å². The number of rotatable bonds is 5. The molecular formula is C17H20N2. The molecule has 3 rings (SSSR count). The topological polar surface area (TPSA) is 27.8 Å². The number of hydrogen-bond acceptors (Lipinski definition) is 1. The van der Waals surface area contributed by atoms with Gasteiger partial charge in [-0.05, 0) is 18.6 Å². The Morgan fingerprint density at radius 1 is 0.947 bits per heavy atom. The van der Waals surface area contributed by atoms with Crippen LogP contribution in [0.1, 0.15) is 26.2 Å². The molecule has 0 bridgehead atoms. The Kier molecular flexibility index (Phi) is 3.41. The lowest BCUT2D eigenvalue weighted by Crippen LogP contribution is -2.01. The summed E-state index contributed by atoms with van der Waals surface area (Å²) in [4.78, 5) is 3.52. The number of H-pyrrole nitrogens is 1. The zero-order chi connectivity index (χ0) is 13.1. The smallest absolute Gasteiger partial charge is 0.0700 e. The third-order valence-corrected chi connectivity index (χ3v) is 3.64. The molecule has 2 aromatic carbocycles. The highest BCUT2D eigenvalue weighted by Crippen LogP contribution is 2.29. The van der Waals surface area contributed by atoms with E-state index in [0.29, 0.717) is 0 Å². The molecule has 2 nitrogen and oxygen atoms in total. The Morgan fingerprint density at radius 2 is 1.79 bits per heavy atom. The monoisotopic (exact) mass is 252 g/mol. The molecule has 0 amide bonds. The second-order valence-electron chi connectivity index (χ2n) is 5.03. The molecule has 1 aromatic heterocycles. The lowest BCUT2D eigenvalue weighted by atomic mass is 10.1. The number of anilines is 1. The normalized spacial score (nSPS) is 11.2. The van der Waals surface area contributed by atoms with E-state index in [-0.39, 0.29) is 0 Å². The SMILES string of the molecule is CCCCCNc1cccc2c1[nH]c1ccccc12. The molecule has 19 heavy (non-hydrogen) atoms. The Morgan fingerprint density at radius 3 is 2.68 bits per heavy atom. The molecule has 2 heteroatoms. The van der Waals surface area contributed by atoms with Crippen molar-refractivity contribution >= 4 is 27.5 Å². The van der Waals surface area contributed by atoms with E-state index < -0.39 is 0 Å². The lowest BCUT2D eigenvalue weighted by Gasteiger charge is -2.07. The highest BCUT2D eigenvalue weighted by atomic mass is 14.9. The molecule has 0 aliphatic heterocycles. The first kappa shape index (κ1) is 12.1.